The summed E-state index contributed by atoms with van der Waals surface area (Å²) in [5, 5.41) is 9.42. The van der Waals surface area contributed by atoms with Crippen LogP contribution in [0.5, 0.6) is 0 Å². The van der Waals surface area contributed by atoms with Gasteiger partial charge in [0, 0.05) is 0 Å². The lowest BCUT2D eigenvalue weighted by Gasteiger charge is -2.02. The van der Waals surface area contributed by atoms with Crippen molar-refractivity contribution in [3.05, 3.63) is 42.0 Å². The molecule has 0 spiro atoms. The van der Waals surface area contributed by atoms with Gasteiger partial charge >= 0.3 is 5.97 Å². The molecule has 1 aromatic carbocycles. The summed E-state index contributed by atoms with van der Waals surface area (Å²) < 4.78 is 4.44. The summed E-state index contributed by atoms with van der Waals surface area (Å²) in [6.45, 7) is 0. The molecule has 1 N–H and O–H groups in total. The SMILES string of the molecule is COC(=O)C[C@@H](O)/C=C/c1ccccc1. The van der Waals surface area contributed by atoms with Gasteiger partial charge in [-0.25, -0.2) is 0 Å². The summed E-state index contributed by atoms with van der Waals surface area (Å²) in [4.78, 5) is 10.8. The molecule has 0 bridgehead atoms. The maximum atomic E-state index is 10.8. The predicted molar refractivity (Wildman–Crippen MR) is 58.1 cm³/mol. The Labute approximate surface area is 89.0 Å². The Balaban J connectivity index is 2.47. The maximum absolute atomic E-state index is 10.8. The molecule has 0 saturated heterocycles. The van der Waals surface area contributed by atoms with E-state index >= 15 is 0 Å². The molecular weight excluding hydrogens is 192 g/mol. The smallest absolute Gasteiger partial charge is 0.308 e. The van der Waals surface area contributed by atoms with Crippen molar-refractivity contribution < 1.29 is 14.6 Å². The minimum absolute atomic E-state index is 0.0141. The predicted octanol–water partition coefficient (Wildman–Crippen LogP) is 1.62. The minimum atomic E-state index is -0.794. The number of ether oxygens (including phenoxy) is 1. The Morgan fingerprint density at radius 2 is 2.13 bits per heavy atom. The Morgan fingerprint density at radius 1 is 1.47 bits per heavy atom. The summed E-state index contributed by atoms with van der Waals surface area (Å²) in [6.07, 6.45) is 2.54. The van der Waals surface area contributed by atoms with Gasteiger partial charge in [-0.15, -0.1) is 0 Å². The van der Waals surface area contributed by atoms with E-state index in [9.17, 15) is 9.90 Å². The molecule has 0 aliphatic rings. The largest absolute Gasteiger partial charge is 0.469 e. The van der Waals surface area contributed by atoms with Gasteiger partial charge in [0.15, 0.2) is 0 Å². The van der Waals surface area contributed by atoms with Crippen LogP contribution < -0.4 is 0 Å². The van der Waals surface area contributed by atoms with E-state index in [1.54, 1.807) is 12.2 Å². The van der Waals surface area contributed by atoms with Gasteiger partial charge in [-0.1, -0.05) is 42.5 Å². The van der Waals surface area contributed by atoms with E-state index in [4.69, 9.17) is 0 Å². The fourth-order valence-corrected chi connectivity index (χ4v) is 1.11. The van der Waals surface area contributed by atoms with Gasteiger partial charge in [-0.3, -0.25) is 4.79 Å². The summed E-state index contributed by atoms with van der Waals surface area (Å²) >= 11 is 0. The Hall–Kier alpha value is -1.61. The second-order valence-electron chi connectivity index (χ2n) is 3.12. The molecular formula is C12H14O3. The number of carbonyl (C=O) groups is 1. The van der Waals surface area contributed by atoms with Crippen molar-refractivity contribution >= 4 is 12.0 Å². The van der Waals surface area contributed by atoms with Crippen LogP contribution in [0.25, 0.3) is 6.08 Å². The van der Waals surface area contributed by atoms with Crippen molar-refractivity contribution in [3.8, 4) is 0 Å². The first-order valence-corrected chi connectivity index (χ1v) is 4.70. The number of esters is 1. The Bertz CT molecular complexity index is 330. The first-order chi connectivity index (χ1) is 7.22. The molecule has 0 amide bonds. The van der Waals surface area contributed by atoms with Crippen molar-refractivity contribution in [3.63, 3.8) is 0 Å². The molecule has 0 radical (unpaired) electrons. The highest BCUT2D eigenvalue weighted by Gasteiger charge is 2.06. The van der Waals surface area contributed by atoms with Crippen LogP contribution in [0.15, 0.2) is 36.4 Å². The molecule has 0 aromatic heterocycles. The third-order valence-electron chi connectivity index (χ3n) is 1.91. The second-order valence-corrected chi connectivity index (χ2v) is 3.12. The topological polar surface area (TPSA) is 46.5 Å². The highest BCUT2D eigenvalue weighted by atomic mass is 16.5. The molecule has 0 aliphatic heterocycles. The molecule has 0 heterocycles. The number of carbonyl (C=O) groups excluding carboxylic acids is 1. The van der Waals surface area contributed by atoms with E-state index in [2.05, 4.69) is 4.74 Å². The third kappa shape index (κ3) is 4.42. The van der Waals surface area contributed by atoms with Crippen LogP contribution in [0.2, 0.25) is 0 Å². The van der Waals surface area contributed by atoms with E-state index < -0.39 is 12.1 Å². The van der Waals surface area contributed by atoms with E-state index in [1.165, 1.54) is 7.11 Å². The van der Waals surface area contributed by atoms with Gasteiger partial charge in [0.25, 0.3) is 0 Å². The molecule has 0 saturated carbocycles. The average molecular weight is 206 g/mol. The lowest BCUT2D eigenvalue weighted by Crippen LogP contribution is -2.11. The second kappa shape index (κ2) is 5.98. The molecule has 15 heavy (non-hydrogen) atoms. The summed E-state index contributed by atoms with van der Waals surface area (Å²) in [7, 11) is 1.30. The molecule has 3 nitrogen and oxygen atoms in total. The van der Waals surface area contributed by atoms with Crippen molar-refractivity contribution in [2.45, 2.75) is 12.5 Å². The fraction of sp³-hybridized carbons (Fsp3) is 0.250. The number of aliphatic hydroxyl groups is 1. The van der Waals surface area contributed by atoms with Crippen LogP contribution in [-0.4, -0.2) is 24.3 Å². The normalized spacial score (nSPS) is 12.7. The zero-order chi connectivity index (χ0) is 11.1. The minimum Gasteiger partial charge on any atom is -0.469 e. The molecule has 1 atom stereocenters. The molecule has 0 aliphatic carbocycles. The van der Waals surface area contributed by atoms with E-state index in [0.717, 1.165) is 5.56 Å². The summed E-state index contributed by atoms with van der Waals surface area (Å²) in [5.74, 6) is -0.416. The zero-order valence-corrected chi connectivity index (χ0v) is 8.59. The van der Waals surface area contributed by atoms with Crippen LogP contribution >= 0.6 is 0 Å². The number of rotatable bonds is 4. The monoisotopic (exact) mass is 206 g/mol. The van der Waals surface area contributed by atoms with E-state index in [1.807, 2.05) is 30.3 Å². The van der Waals surface area contributed by atoms with Crippen molar-refractivity contribution in [2.24, 2.45) is 0 Å². The van der Waals surface area contributed by atoms with Crippen molar-refractivity contribution in [2.75, 3.05) is 7.11 Å². The Kier molecular flexibility index (Phi) is 4.57. The van der Waals surface area contributed by atoms with Gasteiger partial charge in [-0.2, -0.15) is 0 Å². The van der Waals surface area contributed by atoms with Gasteiger partial charge in [0.05, 0.1) is 19.6 Å². The quantitative estimate of drug-likeness (QED) is 0.761. The van der Waals surface area contributed by atoms with Crippen LogP contribution in [0.3, 0.4) is 0 Å². The van der Waals surface area contributed by atoms with E-state index in [-0.39, 0.29) is 6.42 Å². The van der Waals surface area contributed by atoms with Gasteiger partial charge < -0.3 is 9.84 Å². The molecule has 1 aromatic rings. The van der Waals surface area contributed by atoms with Crippen molar-refractivity contribution in [1.82, 2.24) is 0 Å². The zero-order valence-electron chi connectivity index (χ0n) is 8.59. The third-order valence-corrected chi connectivity index (χ3v) is 1.91. The number of benzene rings is 1. The van der Waals surface area contributed by atoms with Crippen LogP contribution in [0, 0.1) is 0 Å². The molecule has 80 valence electrons. The molecule has 0 unspecified atom stereocenters. The standard InChI is InChI=1S/C12H14O3/c1-15-12(14)9-11(13)8-7-10-5-3-2-4-6-10/h2-8,11,13H,9H2,1H3/b8-7+/t11-/m0/s1. The molecule has 3 heteroatoms. The molecule has 1 rings (SSSR count). The van der Waals surface area contributed by atoms with Crippen molar-refractivity contribution in [1.29, 1.82) is 0 Å². The van der Waals surface area contributed by atoms with Crippen LogP contribution in [-0.2, 0) is 9.53 Å². The highest BCUT2D eigenvalue weighted by molar-refractivity contribution is 5.70. The first-order valence-electron chi connectivity index (χ1n) is 4.70. The fourth-order valence-electron chi connectivity index (χ4n) is 1.11. The summed E-state index contributed by atoms with van der Waals surface area (Å²) in [6, 6.07) is 9.57. The number of methoxy groups -OCH3 is 1. The highest BCUT2D eigenvalue weighted by Crippen LogP contribution is 2.04. The lowest BCUT2D eigenvalue weighted by molar-refractivity contribution is -0.142. The molecule has 0 fully saturated rings. The van der Waals surface area contributed by atoms with Crippen LogP contribution in [0.1, 0.15) is 12.0 Å². The number of aliphatic hydroxyl groups excluding tert-OH is 1. The average Bonchev–Trinajstić information content (AvgIpc) is 2.27. The van der Waals surface area contributed by atoms with Gasteiger partial charge in [-0.05, 0) is 5.56 Å². The number of hydrogen-bond donors (Lipinski definition) is 1. The van der Waals surface area contributed by atoms with Gasteiger partial charge in [0.1, 0.15) is 0 Å². The number of hydrogen-bond acceptors (Lipinski definition) is 3. The lowest BCUT2D eigenvalue weighted by atomic mass is 10.1. The summed E-state index contributed by atoms with van der Waals surface area (Å²) in [5.41, 5.74) is 0.987. The first kappa shape index (κ1) is 11.5. The Morgan fingerprint density at radius 3 is 2.73 bits per heavy atom. The maximum Gasteiger partial charge on any atom is 0.308 e. The van der Waals surface area contributed by atoms with Crippen LogP contribution in [0.4, 0.5) is 0 Å². The van der Waals surface area contributed by atoms with E-state index in [0.29, 0.717) is 0 Å². The van der Waals surface area contributed by atoms with Gasteiger partial charge in [0.2, 0.25) is 0 Å².